The lowest BCUT2D eigenvalue weighted by molar-refractivity contribution is 1.00. The van der Waals surface area contributed by atoms with Crippen LogP contribution in [0.5, 0.6) is 0 Å². The fourth-order valence-corrected chi connectivity index (χ4v) is 1.03. The van der Waals surface area contributed by atoms with Gasteiger partial charge in [0.1, 0.15) is 0 Å². The van der Waals surface area contributed by atoms with Crippen molar-refractivity contribution in [1.29, 1.82) is 0 Å². The van der Waals surface area contributed by atoms with Gasteiger partial charge in [0.05, 0.1) is 5.38 Å². The summed E-state index contributed by atoms with van der Waals surface area (Å²) in [5.41, 5.74) is 6.13. The van der Waals surface area contributed by atoms with Gasteiger partial charge in [-0.05, 0) is 12.5 Å². The molecule has 1 aliphatic rings. The van der Waals surface area contributed by atoms with Gasteiger partial charge in [0.15, 0.2) is 0 Å². The maximum absolute atomic E-state index is 5.73. The molecule has 0 saturated heterocycles. The molecule has 1 unspecified atom stereocenters. The van der Waals surface area contributed by atoms with Crippen LogP contribution in [0.25, 0.3) is 0 Å². The van der Waals surface area contributed by atoms with Crippen molar-refractivity contribution in [1.82, 2.24) is 0 Å². The number of rotatable bonds is 0. The maximum Gasteiger partial charge on any atom is 0.0728 e. The molecule has 0 fully saturated rings. The Kier molecular flexibility index (Phi) is 2.04. The smallest absolute Gasteiger partial charge is 0.0728 e. The van der Waals surface area contributed by atoms with E-state index in [-0.39, 0.29) is 5.38 Å². The van der Waals surface area contributed by atoms with E-state index in [2.05, 4.69) is 0 Å². The van der Waals surface area contributed by atoms with E-state index in [4.69, 9.17) is 28.9 Å². The molecule has 3 heteroatoms. The second-order valence-electron chi connectivity index (χ2n) is 1.94. The molecule has 9 heavy (non-hydrogen) atoms. The van der Waals surface area contributed by atoms with Crippen LogP contribution in [0.2, 0.25) is 0 Å². The summed E-state index contributed by atoms with van der Waals surface area (Å²) < 4.78 is 0. The Morgan fingerprint density at radius 1 is 1.67 bits per heavy atom. The first kappa shape index (κ1) is 6.97. The molecule has 1 nitrogen and oxygen atoms in total. The third-order valence-corrected chi connectivity index (χ3v) is 2.06. The number of alkyl halides is 1. The monoisotopic (exact) mass is 163 g/mol. The molecule has 0 aliphatic heterocycles. The number of hydrogen-bond acceptors (Lipinski definition) is 1. The summed E-state index contributed by atoms with van der Waals surface area (Å²) in [6.45, 7) is 0. The van der Waals surface area contributed by atoms with Gasteiger partial charge in [-0.15, -0.1) is 11.6 Å². The van der Waals surface area contributed by atoms with Crippen molar-refractivity contribution in [3.8, 4) is 0 Å². The Balaban J connectivity index is 2.74. The number of hydrogen-bond donors (Lipinski definition) is 1. The van der Waals surface area contributed by atoms with E-state index in [0.29, 0.717) is 10.7 Å². The average Bonchev–Trinajstić information content (AvgIpc) is 1.80. The first-order valence-corrected chi connectivity index (χ1v) is 3.48. The van der Waals surface area contributed by atoms with E-state index in [1.807, 2.05) is 6.08 Å². The Bertz CT molecular complexity index is 172. The fraction of sp³-hybridized carbons (Fsp3) is 0.333. The van der Waals surface area contributed by atoms with Crippen LogP contribution in [0.4, 0.5) is 0 Å². The van der Waals surface area contributed by atoms with Gasteiger partial charge in [-0.2, -0.15) is 0 Å². The van der Waals surface area contributed by atoms with Crippen LogP contribution in [0.1, 0.15) is 6.42 Å². The van der Waals surface area contributed by atoms with Crippen LogP contribution in [-0.4, -0.2) is 5.38 Å². The van der Waals surface area contributed by atoms with Gasteiger partial charge in [0.25, 0.3) is 0 Å². The van der Waals surface area contributed by atoms with Gasteiger partial charge in [0, 0.05) is 10.7 Å². The molecule has 1 atom stereocenters. The average molecular weight is 164 g/mol. The normalized spacial score (nSPS) is 27.1. The maximum atomic E-state index is 5.73. The number of halogens is 2. The van der Waals surface area contributed by atoms with Crippen molar-refractivity contribution < 1.29 is 0 Å². The van der Waals surface area contributed by atoms with Crippen LogP contribution >= 0.6 is 23.2 Å². The predicted molar refractivity (Wildman–Crippen MR) is 40.5 cm³/mol. The number of allylic oxidation sites excluding steroid dienone is 3. The van der Waals surface area contributed by atoms with Crippen molar-refractivity contribution >= 4 is 23.2 Å². The standard InChI is InChI=1S/C6H7Cl2N/c7-5-2-1-4(9)3-6(5)8/h1,3,5H,2,9H2. The lowest BCUT2D eigenvalue weighted by Gasteiger charge is -2.10. The molecule has 0 aromatic heterocycles. The van der Waals surface area contributed by atoms with E-state index in [1.165, 1.54) is 0 Å². The number of nitrogens with two attached hydrogens (primary N) is 1. The van der Waals surface area contributed by atoms with Gasteiger partial charge in [0.2, 0.25) is 0 Å². The Labute approximate surface area is 64.1 Å². The van der Waals surface area contributed by atoms with Crippen LogP contribution in [0.15, 0.2) is 22.9 Å². The molecule has 0 amide bonds. The molecule has 0 radical (unpaired) electrons. The summed E-state index contributed by atoms with van der Waals surface area (Å²) >= 11 is 11.4. The summed E-state index contributed by atoms with van der Waals surface area (Å²) in [7, 11) is 0. The first-order chi connectivity index (χ1) is 4.20. The Hall–Kier alpha value is -0.140. The second-order valence-corrected chi connectivity index (χ2v) is 2.90. The van der Waals surface area contributed by atoms with Crippen molar-refractivity contribution in [2.45, 2.75) is 11.8 Å². The van der Waals surface area contributed by atoms with Gasteiger partial charge in [-0.3, -0.25) is 0 Å². The molecule has 0 bridgehead atoms. The molecule has 50 valence electrons. The molecule has 1 rings (SSSR count). The zero-order valence-electron chi connectivity index (χ0n) is 4.77. The summed E-state index contributed by atoms with van der Waals surface area (Å²) in [4.78, 5) is 0. The Morgan fingerprint density at radius 2 is 2.33 bits per heavy atom. The van der Waals surface area contributed by atoms with Crippen molar-refractivity contribution in [2.24, 2.45) is 5.73 Å². The van der Waals surface area contributed by atoms with Gasteiger partial charge < -0.3 is 5.73 Å². The minimum atomic E-state index is -0.0704. The fourth-order valence-electron chi connectivity index (χ4n) is 0.661. The van der Waals surface area contributed by atoms with E-state index in [9.17, 15) is 0 Å². The molecule has 0 aromatic carbocycles. The first-order valence-electron chi connectivity index (χ1n) is 2.67. The lowest BCUT2D eigenvalue weighted by Crippen LogP contribution is -2.06. The van der Waals surface area contributed by atoms with Crippen LogP contribution in [0, 0.1) is 0 Å². The topological polar surface area (TPSA) is 26.0 Å². The van der Waals surface area contributed by atoms with E-state index >= 15 is 0 Å². The highest BCUT2D eigenvalue weighted by molar-refractivity contribution is 6.37. The highest BCUT2D eigenvalue weighted by atomic mass is 35.5. The highest BCUT2D eigenvalue weighted by Crippen LogP contribution is 2.23. The summed E-state index contributed by atoms with van der Waals surface area (Å²) in [5.74, 6) is 0. The second kappa shape index (κ2) is 2.63. The summed E-state index contributed by atoms with van der Waals surface area (Å²) in [6.07, 6.45) is 4.29. The summed E-state index contributed by atoms with van der Waals surface area (Å²) in [5, 5.41) is 0.565. The van der Waals surface area contributed by atoms with Gasteiger partial charge >= 0.3 is 0 Å². The van der Waals surface area contributed by atoms with Crippen molar-refractivity contribution in [2.75, 3.05) is 0 Å². The minimum absolute atomic E-state index is 0.0704. The van der Waals surface area contributed by atoms with E-state index in [0.717, 1.165) is 6.42 Å². The molecule has 2 N–H and O–H groups in total. The SMILES string of the molecule is NC1=CCC(Cl)C(Cl)=C1. The molecule has 0 spiro atoms. The minimum Gasteiger partial charge on any atom is -0.399 e. The quantitative estimate of drug-likeness (QED) is 0.544. The highest BCUT2D eigenvalue weighted by Gasteiger charge is 2.10. The molecular weight excluding hydrogens is 157 g/mol. The molecular formula is C6H7Cl2N. The third kappa shape index (κ3) is 1.63. The van der Waals surface area contributed by atoms with Crippen molar-refractivity contribution in [3.63, 3.8) is 0 Å². The van der Waals surface area contributed by atoms with Gasteiger partial charge in [-0.1, -0.05) is 17.7 Å². The van der Waals surface area contributed by atoms with Crippen molar-refractivity contribution in [3.05, 3.63) is 22.9 Å². The zero-order valence-corrected chi connectivity index (χ0v) is 6.28. The largest absolute Gasteiger partial charge is 0.399 e. The van der Waals surface area contributed by atoms with Crippen LogP contribution in [-0.2, 0) is 0 Å². The molecule has 0 aromatic rings. The molecule has 0 saturated carbocycles. The zero-order chi connectivity index (χ0) is 6.85. The molecule has 1 aliphatic carbocycles. The van der Waals surface area contributed by atoms with Crippen LogP contribution in [0.3, 0.4) is 0 Å². The third-order valence-electron chi connectivity index (χ3n) is 1.16. The van der Waals surface area contributed by atoms with E-state index < -0.39 is 0 Å². The van der Waals surface area contributed by atoms with Crippen LogP contribution < -0.4 is 5.73 Å². The van der Waals surface area contributed by atoms with E-state index in [1.54, 1.807) is 6.08 Å². The predicted octanol–water partition coefficient (Wildman–Crippen LogP) is 1.96. The lowest BCUT2D eigenvalue weighted by atomic mass is 10.1. The molecule has 0 heterocycles. The summed E-state index contributed by atoms with van der Waals surface area (Å²) in [6, 6.07) is 0. The Morgan fingerprint density at radius 3 is 2.78 bits per heavy atom. The van der Waals surface area contributed by atoms with Gasteiger partial charge in [-0.25, -0.2) is 0 Å².